The molecule has 0 atom stereocenters. The van der Waals surface area contributed by atoms with E-state index in [9.17, 15) is 9.59 Å². The minimum absolute atomic E-state index is 0.126. The Hall–Kier alpha value is -2.45. The molecular weight excluding hydrogens is 454 g/mol. The molecule has 0 heterocycles. The molecule has 0 aromatic heterocycles. The molecular formula is C21H24BrN3O3S. The Balaban J connectivity index is 2.02. The van der Waals surface area contributed by atoms with Crippen LogP contribution in [-0.4, -0.2) is 30.1 Å². The number of benzene rings is 2. The normalized spacial score (nSPS) is 10.2. The number of anilines is 1. The fraction of sp³-hybridized carbons (Fsp3) is 0.286. The van der Waals surface area contributed by atoms with Gasteiger partial charge in [-0.05, 0) is 62.0 Å². The standard InChI is InChI=1S/C21H24BrN3O3S/c1-3-5-11-23-19(26)14-7-6-8-16(12-14)24-21(29)25-20(27)17-13-15(22)9-10-18(17)28-4-2/h6-10,12-13H,3-5,11H2,1-2H3,(H,23,26)(H2,24,25,27,29). The second kappa shape index (κ2) is 11.5. The van der Waals surface area contributed by atoms with E-state index in [-0.39, 0.29) is 16.9 Å². The Morgan fingerprint density at radius 3 is 2.62 bits per heavy atom. The topological polar surface area (TPSA) is 79.5 Å². The highest BCUT2D eigenvalue weighted by atomic mass is 79.9. The Morgan fingerprint density at radius 1 is 1.10 bits per heavy atom. The van der Waals surface area contributed by atoms with Crippen LogP contribution in [0.15, 0.2) is 46.9 Å². The van der Waals surface area contributed by atoms with Gasteiger partial charge in [0.05, 0.1) is 12.2 Å². The van der Waals surface area contributed by atoms with E-state index < -0.39 is 0 Å². The molecule has 0 aliphatic rings. The van der Waals surface area contributed by atoms with Crippen LogP contribution < -0.4 is 20.7 Å². The lowest BCUT2D eigenvalue weighted by atomic mass is 10.2. The van der Waals surface area contributed by atoms with Crippen LogP contribution in [0.5, 0.6) is 5.75 Å². The van der Waals surface area contributed by atoms with Crippen LogP contribution in [-0.2, 0) is 0 Å². The first-order chi connectivity index (χ1) is 13.9. The number of nitrogens with one attached hydrogen (secondary N) is 3. The highest BCUT2D eigenvalue weighted by Crippen LogP contribution is 2.23. The van der Waals surface area contributed by atoms with Gasteiger partial charge in [0, 0.05) is 22.3 Å². The van der Waals surface area contributed by atoms with Gasteiger partial charge in [-0.25, -0.2) is 0 Å². The van der Waals surface area contributed by atoms with Crippen LogP contribution >= 0.6 is 28.1 Å². The van der Waals surface area contributed by atoms with Crippen LogP contribution in [0.25, 0.3) is 0 Å². The van der Waals surface area contributed by atoms with Crippen molar-refractivity contribution >= 4 is 50.8 Å². The zero-order chi connectivity index (χ0) is 21.2. The lowest BCUT2D eigenvalue weighted by Crippen LogP contribution is -2.34. The fourth-order valence-corrected chi connectivity index (χ4v) is 3.08. The number of unbranched alkanes of at least 4 members (excludes halogenated alkanes) is 1. The summed E-state index contributed by atoms with van der Waals surface area (Å²) in [4.78, 5) is 24.8. The highest BCUT2D eigenvalue weighted by molar-refractivity contribution is 9.10. The van der Waals surface area contributed by atoms with Crippen LogP contribution in [0, 0.1) is 0 Å². The summed E-state index contributed by atoms with van der Waals surface area (Å²) in [6.45, 7) is 4.99. The Kier molecular flexibility index (Phi) is 9.08. The van der Waals surface area contributed by atoms with Crippen LogP contribution in [0.2, 0.25) is 0 Å². The van der Waals surface area contributed by atoms with Crippen molar-refractivity contribution in [2.24, 2.45) is 0 Å². The van der Waals surface area contributed by atoms with Gasteiger partial charge in [0.1, 0.15) is 5.75 Å². The molecule has 2 aromatic carbocycles. The third-order valence-electron chi connectivity index (χ3n) is 3.91. The van der Waals surface area contributed by atoms with Gasteiger partial charge < -0.3 is 15.4 Å². The van der Waals surface area contributed by atoms with Crippen molar-refractivity contribution in [2.45, 2.75) is 26.7 Å². The molecule has 8 heteroatoms. The predicted octanol–water partition coefficient (Wildman–Crippen LogP) is 4.50. The number of thiocarbonyl (C=S) groups is 1. The Bertz CT molecular complexity index is 889. The van der Waals surface area contributed by atoms with Gasteiger partial charge in [0.2, 0.25) is 0 Å². The summed E-state index contributed by atoms with van der Waals surface area (Å²) < 4.78 is 6.26. The average molecular weight is 478 g/mol. The Morgan fingerprint density at radius 2 is 1.90 bits per heavy atom. The second-order valence-electron chi connectivity index (χ2n) is 6.17. The third-order valence-corrected chi connectivity index (χ3v) is 4.61. The monoisotopic (exact) mass is 477 g/mol. The summed E-state index contributed by atoms with van der Waals surface area (Å²) in [7, 11) is 0. The molecule has 2 rings (SSSR count). The molecule has 0 bridgehead atoms. The molecule has 0 spiro atoms. The van der Waals surface area contributed by atoms with Crippen LogP contribution in [0.1, 0.15) is 47.4 Å². The molecule has 0 saturated heterocycles. The fourth-order valence-electron chi connectivity index (χ4n) is 2.51. The molecule has 154 valence electrons. The summed E-state index contributed by atoms with van der Waals surface area (Å²) in [6, 6.07) is 12.1. The molecule has 0 fully saturated rings. The quantitative estimate of drug-likeness (QED) is 0.385. The molecule has 0 aliphatic heterocycles. The number of carbonyl (C=O) groups is 2. The highest BCUT2D eigenvalue weighted by Gasteiger charge is 2.15. The number of ether oxygens (including phenoxy) is 1. The number of rotatable bonds is 8. The van der Waals surface area contributed by atoms with E-state index in [1.807, 2.05) is 6.92 Å². The van der Waals surface area contributed by atoms with Crippen molar-refractivity contribution in [3.8, 4) is 5.75 Å². The lowest BCUT2D eigenvalue weighted by molar-refractivity contribution is 0.0950. The molecule has 0 aliphatic carbocycles. The summed E-state index contributed by atoms with van der Waals surface area (Å²) in [6.07, 6.45) is 1.94. The number of halogens is 1. The van der Waals surface area contributed by atoms with Gasteiger partial charge in [0.15, 0.2) is 5.11 Å². The summed E-state index contributed by atoms with van der Waals surface area (Å²) >= 11 is 8.61. The minimum Gasteiger partial charge on any atom is -0.493 e. The Labute approximate surface area is 184 Å². The van der Waals surface area contributed by atoms with E-state index in [2.05, 4.69) is 38.8 Å². The number of amides is 2. The van der Waals surface area contributed by atoms with E-state index in [4.69, 9.17) is 17.0 Å². The maximum atomic E-state index is 12.6. The molecule has 6 nitrogen and oxygen atoms in total. The minimum atomic E-state index is -0.388. The molecule has 2 amide bonds. The molecule has 2 aromatic rings. The SMILES string of the molecule is CCCCNC(=O)c1cccc(NC(=S)NC(=O)c2cc(Br)ccc2OCC)c1. The van der Waals surface area contributed by atoms with E-state index in [1.165, 1.54) is 0 Å². The van der Waals surface area contributed by atoms with Gasteiger partial charge in [0.25, 0.3) is 11.8 Å². The first-order valence-electron chi connectivity index (χ1n) is 9.37. The van der Waals surface area contributed by atoms with Crippen molar-refractivity contribution in [1.29, 1.82) is 0 Å². The van der Waals surface area contributed by atoms with E-state index in [0.29, 0.717) is 35.7 Å². The molecule has 0 saturated carbocycles. The van der Waals surface area contributed by atoms with Gasteiger partial charge in [-0.3, -0.25) is 14.9 Å². The maximum absolute atomic E-state index is 12.6. The van der Waals surface area contributed by atoms with Crippen molar-refractivity contribution in [1.82, 2.24) is 10.6 Å². The van der Waals surface area contributed by atoms with E-state index >= 15 is 0 Å². The molecule has 0 unspecified atom stereocenters. The number of carbonyl (C=O) groups excluding carboxylic acids is 2. The van der Waals surface area contributed by atoms with Crippen molar-refractivity contribution in [3.05, 3.63) is 58.1 Å². The summed E-state index contributed by atoms with van der Waals surface area (Å²) in [5.41, 5.74) is 1.50. The molecule has 0 radical (unpaired) electrons. The van der Waals surface area contributed by atoms with Crippen molar-refractivity contribution in [3.63, 3.8) is 0 Å². The zero-order valence-corrected chi connectivity index (χ0v) is 18.8. The predicted molar refractivity (Wildman–Crippen MR) is 123 cm³/mol. The summed E-state index contributed by atoms with van der Waals surface area (Å²) in [5.74, 6) is -0.0602. The number of hydrogen-bond acceptors (Lipinski definition) is 4. The van der Waals surface area contributed by atoms with Crippen molar-refractivity contribution in [2.75, 3.05) is 18.5 Å². The maximum Gasteiger partial charge on any atom is 0.261 e. The zero-order valence-electron chi connectivity index (χ0n) is 16.4. The molecule has 3 N–H and O–H groups in total. The first-order valence-corrected chi connectivity index (χ1v) is 10.6. The number of hydrogen-bond donors (Lipinski definition) is 3. The van der Waals surface area contributed by atoms with Gasteiger partial charge in [-0.2, -0.15) is 0 Å². The van der Waals surface area contributed by atoms with Gasteiger partial charge in [-0.1, -0.05) is 35.3 Å². The largest absolute Gasteiger partial charge is 0.493 e. The van der Waals surface area contributed by atoms with Gasteiger partial charge >= 0.3 is 0 Å². The average Bonchev–Trinajstić information content (AvgIpc) is 2.69. The van der Waals surface area contributed by atoms with E-state index in [0.717, 1.165) is 17.3 Å². The van der Waals surface area contributed by atoms with E-state index in [1.54, 1.807) is 42.5 Å². The third kappa shape index (κ3) is 7.14. The van der Waals surface area contributed by atoms with Gasteiger partial charge in [-0.15, -0.1) is 0 Å². The summed E-state index contributed by atoms with van der Waals surface area (Å²) in [5, 5.41) is 8.58. The van der Waals surface area contributed by atoms with Crippen LogP contribution in [0.3, 0.4) is 0 Å². The molecule has 29 heavy (non-hydrogen) atoms. The lowest BCUT2D eigenvalue weighted by Gasteiger charge is -2.13. The van der Waals surface area contributed by atoms with Crippen molar-refractivity contribution < 1.29 is 14.3 Å². The smallest absolute Gasteiger partial charge is 0.261 e. The second-order valence-corrected chi connectivity index (χ2v) is 7.50. The first kappa shape index (κ1) is 22.8. The van der Waals surface area contributed by atoms with Crippen LogP contribution in [0.4, 0.5) is 5.69 Å².